The third-order valence-corrected chi connectivity index (χ3v) is 4.70. The van der Waals surface area contributed by atoms with E-state index < -0.39 is 0 Å². The van der Waals surface area contributed by atoms with Crippen LogP contribution in [0.2, 0.25) is 0 Å². The Hall–Kier alpha value is -0.120. The third-order valence-electron chi connectivity index (χ3n) is 4.70. The van der Waals surface area contributed by atoms with Crippen LogP contribution in [0.4, 0.5) is 0 Å². The normalized spacial score (nSPS) is 38.6. The second kappa shape index (κ2) is 5.68. The van der Waals surface area contributed by atoms with Gasteiger partial charge in [0.05, 0.1) is 6.10 Å². The lowest BCUT2D eigenvalue weighted by Crippen LogP contribution is -2.59. The summed E-state index contributed by atoms with van der Waals surface area (Å²) in [6.07, 6.45) is 4.96. The summed E-state index contributed by atoms with van der Waals surface area (Å²) in [5, 5.41) is 10.4. The number of aliphatic hydroxyl groups is 1. The van der Waals surface area contributed by atoms with Crippen LogP contribution in [0.5, 0.6) is 0 Å². The average molecular weight is 240 g/mol. The summed E-state index contributed by atoms with van der Waals surface area (Å²) in [5.41, 5.74) is 0. The molecule has 0 amide bonds. The van der Waals surface area contributed by atoms with Crippen LogP contribution in [-0.2, 0) is 0 Å². The zero-order valence-electron chi connectivity index (χ0n) is 11.6. The summed E-state index contributed by atoms with van der Waals surface area (Å²) in [7, 11) is 4.31. The van der Waals surface area contributed by atoms with Gasteiger partial charge in [-0.05, 0) is 45.8 Å². The minimum atomic E-state index is -0.0611. The van der Waals surface area contributed by atoms with Gasteiger partial charge in [0.1, 0.15) is 0 Å². The standard InChI is InChI=1S/C14H28N2O/c1-4-5-8-16-9-11-6-7-13(15(2)3)12(10-16)14(11)17/h11-14,17H,4-10H2,1-3H3/t11?,12?,13-,14+/m0/s1. The van der Waals surface area contributed by atoms with E-state index in [4.69, 9.17) is 0 Å². The zero-order chi connectivity index (χ0) is 12.4. The van der Waals surface area contributed by atoms with Gasteiger partial charge in [0.25, 0.3) is 0 Å². The molecule has 0 aromatic carbocycles. The van der Waals surface area contributed by atoms with E-state index in [1.165, 1.54) is 32.2 Å². The van der Waals surface area contributed by atoms with Crippen LogP contribution in [0.1, 0.15) is 32.6 Å². The molecule has 17 heavy (non-hydrogen) atoms. The molecule has 1 aliphatic carbocycles. The summed E-state index contributed by atoms with van der Waals surface area (Å²) in [4.78, 5) is 4.90. The number of nitrogens with zero attached hydrogens (tertiary/aromatic N) is 2. The fourth-order valence-electron chi connectivity index (χ4n) is 3.69. The van der Waals surface area contributed by atoms with Crippen molar-refractivity contribution < 1.29 is 5.11 Å². The fourth-order valence-corrected chi connectivity index (χ4v) is 3.69. The van der Waals surface area contributed by atoms with Gasteiger partial charge in [-0.15, -0.1) is 0 Å². The van der Waals surface area contributed by atoms with Crippen molar-refractivity contribution in [3.63, 3.8) is 0 Å². The molecule has 0 radical (unpaired) electrons. The van der Waals surface area contributed by atoms with Gasteiger partial charge in [0.15, 0.2) is 0 Å². The van der Waals surface area contributed by atoms with Gasteiger partial charge in [-0.2, -0.15) is 0 Å². The molecule has 2 bridgehead atoms. The minimum Gasteiger partial charge on any atom is -0.392 e. The number of hydrogen-bond donors (Lipinski definition) is 1. The molecule has 100 valence electrons. The highest BCUT2D eigenvalue weighted by molar-refractivity contribution is 4.97. The van der Waals surface area contributed by atoms with E-state index in [9.17, 15) is 5.11 Å². The van der Waals surface area contributed by atoms with Crippen LogP contribution in [-0.4, -0.2) is 60.8 Å². The van der Waals surface area contributed by atoms with Crippen LogP contribution in [0.25, 0.3) is 0 Å². The number of piperidine rings is 1. The SMILES string of the molecule is CCCCN1CC2CC[C@H](N(C)C)C(C1)[C@@H]2O. The molecule has 4 atom stereocenters. The number of fused-ring (bicyclic) bond motifs is 2. The first-order valence-corrected chi connectivity index (χ1v) is 7.20. The van der Waals surface area contributed by atoms with Crippen LogP contribution in [0.15, 0.2) is 0 Å². The number of rotatable bonds is 4. The summed E-state index contributed by atoms with van der Waals surface area (Å²) in [5.74, 6) is 0.996. The first kappa shape index (κ1) is 13.3. The predicted molar refractivity (Wildman–Crippen MR) is 71.0 cm³/mol. The smallest absolute Gasteiger partial charge is 0.0635 e. The van der Waals surface area contributed by atoms with Crippen molar-refractivity contribution in [1.82, 2.24) is 9.80 Å². The topological polar surface area (TPSA) is 26.7 Å². The van der Waals surface area contributed by atoms with Gasteiger partial charge >= 0.3 is 0 Å². The van der Waals surface area contributed by atoms with E-state index >= 15 is 0 Å². The maximum atomic E-state index is 10.4. The largest absolute Gasteiger partial charge is 0.392 e. The van der Waals surface area contributed by atoms with E-state index in [0.29, 0.717) is 17.9 Å². The third kappa shape index (κ3) is 2.83. The number of likely N-dealkylation sites (tertiary alicyclic amines) is 1. The molecule has 1 heterocycles. The summed E-state index contributed by atoms with van der Waals surface area (Å²) >= 11 is 0. The second-order valence-corrected chi connectivity index (χ2v) is 6.14. The van der Waals surface area contributed by atoms with Crippen molar-refractivity contribution >= 4 is 0 Å². The Balaban J connectivity index is 1.99. The molecule has 0 aromatic heterocycles. The first-order chi connectivity index (χ1) is 8.13. The maximum absolute atomic E-state index is 10.4. The first-order valence-electron chi connectivity index (χ1n) is 7.20. The molecule has 3 heteroatoms. The minimum absolute atomic E-state index is 0.0611. The summed E-state index contributed by atoms with van der Waals surface area (Å²) < 4.78 is 0. The molecule has 1 saturated heterocycles. The van der Waals surface area contributed by atoms with E-state index in [2.05, 4.69) is 30.8 Å². The number of hydrogen-bond acceptors (Lipinski definition) is 3. The van der Waals surface area contributed by atoms with Crippen LogP contribution in [0.3, 0.4) is 0 Å². The Morgan fingerprint density at radius 2 is 2.00 bits per heavy atom. The summed E-state index contributed by atoms with van der Waals surface area (Å²) in [6.45, 7) is 5.69. The summed E-state index contributed by atoms with van der Waals surface area (Å²) in [6, 6.07) is 0.575. The van der Waals surface area contributed by atoms with E-state index in [1.54, 1.807) is 0 Å². The molecule has 0 aromatic rings. The molecule has 2 rings (SSSR count). The molecule has 2 fully saturated rings. The van der Waals surface area contributed by atoms with E-state index in [-0.39, 0.29) is 6.10 Å². The molecule has 1 aliphatic heterocycles. The van der Waals surface area contributed by atoms with Crippen molar-refractivity contribution in [2.45, 2.75) is 44.8 Å². The molecule has 2 unspecified atom stereocenters. The molecule has 1 N–H and O–H groups in total. The molecule has 3 nitrogen and oxygen atoms in total. The van der Waals surface area contributed by atoms with Crippen molar-refractivity contribution in [3.05, 3.63) is 0 Å². The predicted octanol–water partition coefficient (Wildman–Crippen LogP) is 1.42. The fraction of sp³-hybridized carbons (Fsp3) is 1.00. The lowest BCUT2D eigenvalue weighted by atomic mass is 9.72. The number of unbranched alkanes of at least 4 members (excludes halogenated alkanes) is 1. The second-order valence-electron chi connectivity index (χ2n) is 6.14. The molecular weight excluding hydrogens is 212 g/mol. The van der Waals surface area contributed by atoms with E-state index in [1.807, 2.05) is 0 Å². The van der Waals surface area contributed by atoms with Gasteiger partial charge < -0.3 is 14.9 Å². The zero-order valence-corrected chi connectivity index (χ0v) is 11.6. The molecule has 0 spiro atoms. The Labute approximate surface area is 106 Å². The van der Waals surface area contributed by atoms with E-state index in [0.717, 1.165) is 13.1 Å². The van der Waals surface area contributed by atoms with Gasteiger partial charge in [0.2, 0.25) is 0 Å². The average Bonchev–Trinajstić information content (AvgIpc) is 2.26. The molecule has 1 saturated carbocycles. The lowest BCUT2D eigenvalue weighted by Gasteiger charge is -2.50. The monoisotopic (exact) mass is 240 g/mol. The highest BCUT2D eigenvalue weighted by Crippen LogP contribution is 2.36. The van der Waals surface area contributed by atoms with Crippen molar-refractivity contribution in [3.8, 4) is 0 Å². The van der Waals surface area contributed by atoms with Crippen LogP contribution in [0, 0.1) is 11.8 Å². The quantitative estimate of drug-likeness (QED) is 0.805. The maximum Gasteiger partial charge on any atom is 0.0635 e. The van der Waals surface area contributed by atoms with Gasteiger partial charge in [-0.25, -0.2) is 0 Å². The Morgan fingerprint density at radius 1 is 1.24 bits per heavy atom. The molecular formula is C14H28N2O. The van der Waals surface area contributed by atoms with Crippen molar-refractivity contribution in [2.24, 2.45) is 11.8 Å². The van der Waals surface area contributed by atoms with Crippen molar-refractivity contribution in [2.75, 3.05) is 33.7 Å². The highest BCUT2D eigenvalue weighted by Gasteiger charge is 2.43. The van der Waals surface area contributed by atoms with Gasteiger partial charge in [-0.1, -0.05) is 13.3 Å². The lowest BCUT2D eigenvalue weighted by molar-refractivity contribution is -0.0817. The Kier molecular flexibility index (Phi) is 4.45. The highest BCUT2D eigenvalue weighted by atomic mass is 16.3. The van der Waals surface area contributed by atoms with Crippen LogP contribution >= 0.6 is 0 Å². The Bertz CT molecular complexity index is 244. The number of aliphatic hydroxyl groups excluding tert-OH is 1. The molecule has 2 aliphatic rings. The van der Waals surface area contributed by atoms with Gasteiger partial charge in [-0.3, -0.25) is 0 Å². The van der Waals surface area contributed by atoms with Gasteiger partial charge in [0, 0.05) is 25.0 Å². The Morgan fingerprint density at radius 3 is 2.65 bits per heavy atom. The van der Waals surface area contributed by atoms with Crippen LogP contribution < -0.4 is 0 Å². The van der Waals surface area contributed by atoms with Crippen molar-refractivity contribution in [1.29, 1.82) is 0 Å².